The van der Waals surface area contributed by atoms with Crippen LogP contribution in [0, 0.1) is 6.92 Å². The van der Waals surface area contributed by atoms with Crippen LogP contribution >= 0.6 is 0 Å². The second-order valence-electron chi connectivity index (χ2n) is 9.28. The van der Waals surface area contributed by atoms with E-state index in [0.717, 1.165) is 21.0 Å². The van der Waals surface area contributed by atoms with Crippen molar-refractivity contribution in [2.24, 2.45) is 5.10 Å². The van der Waals surface area contributed by atoms with E-state index in [2.05, 4.69) is 10.5 Å². The van der Waals surface area contributed by atoms with Gasteiger partial charge in [-0.1, -0.05) is 73.2 Å². The van der Waals surface area contributed by atoms with Gasteiger partial charge in [-0.3, -0.25) is 9.10 Å². The van der Waals surface area contributed by atoms with Gasteiger partial charge in [0, 0.05) is 0 Å². The van der Waals surface area contributed by atoms with Crippen molar-refractivity contribution >= 4 is 27.8 Å². The molecule has 0 radical (unpaired) electrons. The Kier molecular flexibility index (Phi) is 9.76. The normalized spacial score (nSPS) is 11.3. The van der Waals surface area contributed by atoms with Crippen LogP contribution in [-0.2, 0) is 27.8 Å². The van der Waals surface area contributed by atoms with Gasteiger partial charge in [-0.2, -0.15) is 5.10 Å². The van der Waals surface area contributed by atoms with Gasteiger partial charge >= 0.3 is 0 Å². The third-order valence-corrected chi connectivity index (χ3v) is 8.14. The highest BCUT2D eigenvalue weighted by atomic mass is 32.2. The summed E-state index contributed by atoms with van der Waals surface area (Å²) >= 11 is 0. The smallest absolute Gasteiger partial charge is 0.264 e. The third-order valence-electron chi connectivity index (χ3n) is 6.37. The van der Waals surface area contributed by atoms with E-state index in [0.29, 0.717) is 35.8 Å². The number of amides is 1. The van der Waals surface area contributed by atoms with Gasteiger partial charge < -0.3 is 9.47 Å². The van der Waals surface area contributed by atoms with Crippen LogP contribution in [-0.4, -0.2) is 34.2 Å². The summed E-state index contributed by atoms with van der Waals surface area (Å²) in [6.45, 7) is 3.77. The maximum Gasteiger partial charge on any atom is 0.264 e. The van der Waals surface area contributed by atoms with Gasteiger partial charge in [-0.25, -0.2) is 13.8 Å². The Morgan fingerprint density at radius 2 is 1.63 bits per heavy atom. The molecule has 41 heavy (non-hydrogen) atoms. The van der Waals surface area contributed by atoms with Crippen molar-refractivity contribution in [3.05, 3.63) is 119 Å². The van der Waals surface area contributed by atoms with Crippen LogP contribution in [0.5, 0.6) is 11.5 Å². The number of hydrazone groups is 1. The van der Waals surface area contributed by atoms with Crippen LogP contribution in [0.25, 0.3) is 0 Å². The van der Waals surface area contributed by atoms with Gasteiger partial charge in [0.1, 0.15) is 13.2 Å². The lowest BCUT2D eigenvalue weighted by Crippen LogP contribution is -2.40. The van der Waals surface area contributed by atoms with Crippen molar-refractivity contribution in [2.45, 2.75) is 31.8 Å². The van der Waals surface area contributed by atoms with Crippen LogP contribution in [0.15, 0.2) is 107 Å². The average molecular weight is 572 g/mol. The summed E-state index contributed by atoms with van der Waals surface area (Å²) in [5, 5.41) is 4.05. The fourth-order valence-electron chi connectivity index (χ4n) is 4.15. The molecule has 4 aromatic carbocycles. The SMILES string of the molecule is CCc1ccccc1N(CC(=O)N/N=C\c1ccc(OCc2ccccc2)c(OC)c1)S(=O)(=O)c1ccc(C)cc1. The van der Waals surface area contributed by atoms with E-state index < -0.39 is 22.5 Å². The lowest BCUT2D eigenvalue weighted by molar-refractivity contribution is -0.119. The van der Waals surface area contributed by atoms with Gasteiger partial charge in [-0.15, -0.1) is 0 Å². The molecule has 8 nitrogen and oxygen atoms in total. The molecule has 0 aliphatic heterocycles. The molecule has 0 aliphatic carbocycles. The first kappa shape index (κ1) is 29.4. The van der Waals surface area contributed by atoms with E-state index in [1.807, 2.05) is 56.3 Å². The van der Waals surface area contributed by atoms with Crippen molar-refractivity contribution in [1.82, 2.24) is 5.43 Å². The molecule has 212 valence electrons. The Labute approximate surface area is 241 Å². The zero-order chi connectivity index (χ0) is 29.2. The number of anilines is 1. The summed E-state index contributed by atoms with van der Waals surface area (Å²) in [5.74, 6) is 0.504. The third kappa shape index (κ3) is 7.52. The minimum Gasteiger partial charge on any atom is -0.493 e. The predicted octanol–water partition coefficient (Wildman–Crippen LogP) is 5.49. The fraction of sp³-hybridized carbons (Fsp3) is 0.188. The maximum absolute atomic E-state index is 13.7. The average Bonchev–Trinajstić information content (AvgIpc) is 2.99. The Morgan fingerprint density at radius 3 is 2.34 bits per heavy atom. The zero-order valence-electron chi connectivity index (χ0n) is 23.3. The topological polar surface area (TPSA) is 97.3 Å². The van der Waals surface area contributed by atoms with Crippen molar-refractivity contribution in [3.8, 4) is 11.5 Å². The molecular weight excluding hydrogens is 538 g/mol. The number of carbonyl (C=O) groups is 1. The first-order valence-corrected chi connectivity index (χ1v) is 14.6. The molecule has 0 heterocycles. The van der Waals surface area contributed by atoms with Gasteiger partial charge in [-0.05, 0) is 66.4 Å². The van der Waals surface area contributed by atoms with Gasteiger partial charge in [0.2, 0.25) is 0 Å². The van der Waals surface area contributed by atoms with E-state index in [1.54, 1.807) is 61.7 Å². The highest BCUT2D eigenvalue weighted by Gasteiger charge is 2.28. The zero-order valence-corrected chi connectivity index (χ0v) is 24.1. The second kappa shape index (κ2) is 13.6. The van der Waals surface area contributed by atoms with Gasteiger partial charge in [0.15, 0.2) is 11.5 Å². The molecule has 4 rings (SSSR count). The highest BCUT2D eigenvalue weighted by molar-refractivity contribution is 7.92. The Morgan fingerprint density at radius 1 is 0.927 bits per heavy atom. The van der Waals surface area contributed by atoms with Crippen molar-refractivity contribution in [2.75, 3.05) is 18.0 Å². The molecule has 0 bridgehead atoms. The van der Waals surface area contributed by atoms with Gasteiger partial charge in [0.25, 0.3) is 15.9 Å². The van der Waals surface area contributed by atoms with E-state index >= 15 is 0 Å². The Balaban J connectivity index is 1.48. The minimum absolute atomic E-state index is 0.104. The molecule has 0 aromatic heterocycles. The summed E-state index contributed by atoms with van der Waals surface area (Å²) in [7, 11) is -2.48. The number of ether oxygens (including phenoxy) is 2. The lowest BCUT2D eigenvalue weighted by atomic mass is 10.1. The monoisotopic (exact) mass is 571 g/mol. The van der Waals surface area contributed by atoms with Crippen LogP contribution in [0.4, 0.5) is 5.69 Å². The summed E-state index contributed by atoms with van der Waals surface area (Å²) in [5.41, 5.74) is 6.34. The maximum atomic E-state index is 13.7. The number of aryl methyl sites for hydroxylation is 2. The summed E-state index contributed by atoms with van der Waals surface area (Å²) in [6.07, 6.45) is 2.06. The highest BCUT2D eigenvalue weighted by Crippen LogP contribution is 2.29. The van der Waals surface area contributed by atoms with E-state index in [-0.39, 0.29) is 4.90 Å². The van der Waals surface area contributed by atoms with E-state index in [9.17, 15) is 13.2 Å². The number of hydrogen-bond acceptors (Lipinski definition) is 6. The quantitative estimate of drug-likeness (QED) is 0.179. The first-order chi connectivity index (χ1) is 19.8. The summed E-state index contributed by atoms with van der Waals surface area (Å²) in [4.78, 5) is 13.1. The van der Waals surface area contributed by atoms with E-state index in [4.69, 9.17) is 9.47 Å². The molecule has 1 N–H and O–H groups in total. The van der Waals surface area contributed by atoms with Crippen molar-refractivity contribution in [3.63, 3.8) is 0 Å². The predicted molar refractivity (Wildman–Crippen MR) is 161 cm³/mol. The second-order valence-corrected chi connectivity index (χ2v) is 11.1. The molecular formula is C32H33N3O5S. The molecule has 0 saturated heterocycles. The lowest BCUT2D eigenvalue weighted by Gasteiger charge is -2.25. The number of sulfonamides is 1. The first-order valence-electron chi connectivity index (χ1n) is 13.2. The molecule has 0 atom stereocenters. The largest absolute Gasteiger partial charge is 0.493 e. The number of benzene rings is 4. The Bertz CT molecular complexity index is 1600. The molecule has 0 fully saturated rings. The van der Waals surface area contributed by atoms with Gasteiger partial charge in [0.05, 0.1) is 23.9 Å². The van der Waals surface area contributed by atoms with E-state index in [1.165, 1.54) is 6.21 Å². The molecule has 0 aliphatic rings. The summed E-state index contributed by atoms with van der Waals surface area (Å²) in [6, 6.07) is 28.8. The number of methoxy groups -OCH3 is 1. The van der Waals surface area contributed by atoms with Crippen LogP contribution < -0.4 is 19.2 Å². The van der Waals surface area contributed by atoms with Crippen molar-refractivity contribution in [1.29, 1.82) is 0 Å². The number of nitrogens with zero attached hydrogens (tertiary/aromatic N) is 2. The number of hydrogen-bond donors (Lipinski definition) is 1. The molecule has 9 heteroatoms. The molecule has 0 unspecified atom stereocenters. The minimum atomic E-state index is -4.02. The number of nitrogens with one attached hydrogen (secondary N) is 1. The van der Waals surface area contributed by atoms with Crippen molar-refractivity contribution < 1.29 is 22.7 Å². The molecule has 1 amide bonds. The van der Waals surface area contributed by atoms with Crippen LogP contribution in [0.1, 0.15) is 29.2 Å². The fourth-order valence-corrected chi connectivity index (χ4v) is 5.61. The Hall–Kier alpha value is -4.63. The molecule has 0 spiro atoms. The van der Waals surface area contributed by atoms with Crippen LogP contribution in [0.3, 0.4) is 0 Å². The standard InChI is InChI=1S/C32H33N3O5S/c1-4-27-12-8-9-13-29(27)35(41(37,38)28-17-14-24(2)15-18-28)22-32(36)34-33-21-26-16-19-30(31(20-26)39-3)40-23-25-10-6-5-7-11-25/h5-21H,4,22-23H2,1-3H3,(H,34,36)/b33-21-. The molecule has 4 aromatic rings. The number of para-hydroxylation sites is 1. The number of rotatable bonds is 12. The van der Waals surface area contributed by atoms with Crippen LogP contribution in [0.2, 0.25) is 0 Å². The molecule has 0 saturated carbocycles. The summed E-state index contributed by atoms with van der Waals surface area (Å²) < 4.78 is 39.8. The number of carbonyl (C=O) groups excluding carboxylic acids is 1.